The van der Waals surface area contributed by atoms with E-state index in [0.29, 0.717) is 19.2 Å². The van der Waals surface area contributed by atoms with E-state index < -0.39 is 0 Å². The number of nitrogens with zero attached hydrogens (tertiary/aromatic N) is 2. The maximum Gasteiger partial charge on any atom is 0.326 e. The van der Waals surface area contributed by atoms with Gasteiger partial charge in [0, 0.05) is 11.7 Å². The monoisotopic (exact) mass is 380 g/mol. The maximum atomic E-state index is 13.1. The molecule has 148 valence electrons. The Morgan fingerprint density at radius 2 is 1.75 bits per heavy atom. The molecule has 1 unspecified atom stereocenters. The first-order valence-electron chi connectivity index (χ1n) is 9.96. The Kier molecular flexibility index (Phi) is 7.20. The average Bonchev–Trinajstić information content (AvgIpc) is 3.14. The molecular formula is C23H28N2O3. The third-order valence-corrected chi connectivity index (χ3v) is 5.11. The largest absolute Gasteiger partial charge is 0.465 e. The summed E-state index contributed by atoms with van der Waals surface area (Å²) in [5, 5.41) is 0. The molecule has 28 heavy (non-hydrogen) atoms. The van der Waals surface area contributed by atoms with E-state index in [1.165, 1.54) is 10.5 Å². The number of para-hydroxylation sites is 1. The van der Waals surface area contributed by atoms with E-state index in [0.717, 1.165) is 31.5 Å². The Morgan fingerprint density at radius 3 is 2.43 bits per heavy atom. The van der Waals surface area contributed by atoms with Crippen LogP contribution in [-0.2, 0) is 20.7 Å². The second-order valence-corrected chi connectivity index (χ2v) is 7.08. The number of benzene rings is 2. The maximum absolute atomic E-state index is 13.1. The van der Waals surface area contributed by atoms with Gasteiger partial charge in [0.1, 0.15) is 6.54 Å². The third kappa shape index (κ3) is 5.42. The highest BCUT2D eigenvalue weighted by molar-refractivity contribution is 5.98. The van der Waals surface area contributed by atoms with Crippen LogP contribution in [0.4, 0.5) is 5.69 Å². The summed E-state index contributed by atoms with van der Waals surface area (Å²) in [7, 11) is 0. The number of carbonyl (C=O) groups is 2. The summed E-state index contributed by atoms with van der Waals surface area (Å²) in [5.74, 6) is -0.457. The third-order valence-electron chi connectivity index (χ3n) is 5.11. The van der Waals surface area contributed by atoms with Crippen molar-refractivity contribution in [1.82, 2.24) is 4.90 Å². The van der Waals surface area contributed by atoms with Crippen LogP contribution in [0.5, 0.6) is 0 Å². The van der Waals surface area contributed by atoms with Crippen molar-refractivity contribution in [2.24, 2.45) is 0 Å². The van der Waals surface area contributed by atoms with Crippen LogP contribution < -0.4 is 4.90 Å². The van der Waals surface area contributed by atoms with Gasteiger partial charge in [0.2, 0.25) is 5.91 Å². The molecule has 2 aromatic carbocycles. The summed E-state index contributed by atoms with van der Waals surface area (Å²) in [6, 6.07) is 20.1. The van der Waals surface area contributed by atoms with Crippen molar-refractivity contribution in [3.63, 3.8) is 0 Å². The van der Waals surface area contributed by atoms with Crippen molar-refractivity contribution in [3.05, 3.63) is 66.2 Å². The van der Waals surface area contributed by atoms with Gasteiger partial charge in [-0.25, -0.2) is 0 Å². The Balaban J connectivity index is 1.69. The first-order chi connectivity index (χ1) is 13.7. The van der Waals surface area contributed by atoms with Gasteiger partial charge >= 0.3 is 5.97 Å². The van der Waals surface area contributed by atoms with Gasteiger partial charge in [0.25, 0.3) is 0 Å². The predicted octanol–water partition coefficient (Wildman–Crippen LogP) is 3.29. The number of hydrogen-bond acceptors (Lipinski definition) is 4. The van der Waals surface area contributed by atoms with Gasteiger partial charge in [-0.15, -0.1) is 0 Å². The van der Waals surface area contributed by atoms with Gasteiger partial charge in [-0.3, -0.25) is 14.5 Å². The summed E-state index contributed by atoms with van der Waals surface area (Å²) < 4.78 is 5.07. The Morgan fingerprint density at radius 1 is 1.07 bits per heavy atom. The molecule has 0 aliphatic carbocycles. The molecule has 0 bridgehead atoms. The SMILES string of the molecule is CCOC(=O)CN(C(=O)CN1CCCC1Cc1ccccc1)c1ccccc1. The zero-order valence-corrected chi connectivity index (χ0v) is 16.4. The fourth-order valence-electron chi connectivity index (χ4n) is 3.75. The molecule has 0 aromatic heterocycles. The molecule has 1 fully saturated rings. The highest BCUT2D eigenvalue weighted by Crippen LogP contribution is 2.22. The van der Waals surface area contributed by atoms with Gasteiger partial charge in [-0.1, -0.05) is 48.5 Å². The summed E-state index contributed by atoms with van der Waals surface area (Å²) >= 11 is 0. The number of amides is 1. The van der Waals surface area contributed by atoms with E-state index in [4.69, 9.17) is 4.74 Å². The van der Waals surface area contributed by atoms with Crippen LogP contribution in [0.3, 0.4) is 0 Å². The van der Waals surface area contributed by atoms with E-state index in [2.05, 4.69) is 29.2 Å². The van der Waals surface area contributed by atoms with Gasteiger partial charge in [0.05, 0.1) is 13.2 Å². The summed E-state index contributed by atoms with van der Waals surface area (Å²) in [6.45, 7) is 3.23. The molecule has 1 atom stereocenters. The highest BCUT2D eigenvalue weighted by Gasteiger charge is 2.29. The minimum absolute atomic E-state index is 0.0616. The highest BCUT2D eigenvalue weighted by atomic mass is 16.5. The molecule has 1 aliphatic rings. The predicted molar refractivity (Wildman–Crippen MR) is 110 cm³/mol. The molecule has 0 radical (unpaired) electrons. The lowest BCUT2D eigenvalue weighted by atomic mass is 10.0. The molecule has 0 N–H and O–H groups in total. The molecular weight excluding hydrogens is 352 g/mol. The van der Waals surface area contributed by atoms with Gasteiger partial charge in [0.15, 0.2) is 0 Å². The molecule has 1 amide bonds. The van der Waals surface area contributed by atoms with Crippen molar-refractivity contribution in [3.8, 4) is 0 Å². The molecule has 1 saturated heterocycles. The Bertz CT molecular complexity index is 764. The normalized spacial score (nSPS) is 16.7. The smallest absolute Gasteiger partial charge is 0.326 e. The minimum Gasteiger partial charge on any atom is -0.465 e. The molecule has 1 aliphatic heterocycles. The lowest BCUT2D eigenvalue weighted by Gasteiger charge is -2.28. The van der Waals surface area contributed by atoms with Crippen LogP contribution in [0.15, 0.2) is 60.7 Å². The second-order valence-electron chi connectivity index (χ2n) is 7.08. The molecule has 1 heterocycles. The summed E-state index contributed by atoms with van der Waals surface area (Å²) in [5.41, 5.74) is 2.01. The number of rotatable bonds is 8. The molecule has 0 saturated carbocycles. The molecule has 3 rings (SSSR count). The topological polar surface area (TPSA) is 49.9 Å². The molecule has 2 aromatic rings. The van der Waals surface area contributed by atoms with Crippen molar-refractivity contribution in [1.29, 1.82) is 0 Å². The van der Waals surface area contributed by atoms with Crippen LogP contribution in [0, 0.1) is 0 Å². The molecule has 5 heteroatoms. The first kappa shape index (κ1) is 20.1. The summed E-state index contributed by atoms with van der Waals surface area (Å²) in [4.78, 5) is 28.9. The van der Waals surface area contributed by atoms with Crippen molar-refractivity contribution in [2.45, 2.75) is 32.2 Å². The number of esters is 1. The van der Waals surface area contributed by atoms with Crippen LogP contribution in [0.1, 0.15) is 25.3 Å². The van der Waals surface area contributed by atoms with Crippen LogP contribution >= 0.6 is 0 Å². The lowest BCUT2D eigenvalue weighted by molar-refractivity contribution is -0.142. The van der Waals surface area contributed by atoms with Gasteiger partial charge < -0.3 is 9.64 Å². The van der Waals surface area contributed by atoms with Crippen molar-refractivity contribution >= 4 is 17.6 Å². The first-order valence-corrected chi connectivity index (χ1v) is 9.96. The van der Waals surface area contributed by atoms with Crippen LogP contribution in [-0.4, -0.2) is 49.1 Å². The summed E-state index contributed by atoms with van der Waals surface area (Å²) in [6.07, 6.45) is 3.12. The fourth-order valence-corrected chi connectivity index (χ4v) is 3.75. The second kappa shape index (κ2) is 10.0. The number of ether oxygens (including phenoxy) is 1. The van der Waals surface area contributed by atoms with E-state index >= 15 is 0 Å². The van der Waals surface area contributed by atoms with E-state index in [1.807, 2.05) is 36.4 Å². The number of hydrogen-bond donors (Lipinski definition) is 0. The van der Waals surface area contributed by atoms with Crippen molar-refractivity contribution < 1.29 is 14.3 Å². The molecule has 5 nitrogen and oxygen atoms in total. The van der Waals surface area contributed by atoms with Crippen LogP contribution in [0.25, 0.3) is 0 Å². The number of anilines is 1. The average molecular weight is 380 g/mol. The fraction of sp³-hybridized carbons (Fsp3) is 0.391. The van der Waals surface area contributed by atoms with Gasteiger partial charge in [-0.05, 0) is 50.4 Å². The molecule has 0 spiro atoms. The minimum atomic E-state index is -0.387. The zero-order valence-electron chi connectivity index (χ0n) is 16.4. The quantitative estimate of drug-likeness (QED) is 0.660. The Labute approximate surface area is 166 Å². The van der Waals surface area contributed by atoms with E-state index in [9.17, 15) is 9.59 Å². The van der Waals surface area contributed by atoms with E-state index in [-0.39, 0.29) is 18.4 Å². The standard InChI is InChI=1S/C23H28N2O3/c1-2-28-23(27)18-25(20-12-7-4-8-13-20)22(26)17-24-15-9-14-21(24)16-19-10-5-3-6-11-19/h3-8,10-13,21H,2,9,14-18H2,1H3. The number of likely N-dealkylation sites (tertiary alicyclic amines) is 1. The lowest BCUT2D eigenvalue weighted by Crippen LogP contribution is -2.45. The Hall–Kier alpha value is -2.66. The van der Waals surface area contributed by atoms with Gasteiger partial charge in [-0.2, -0.15) is 0 Å². The number of carbonyl (C=O) groups excluding carboxylic acids is 2. The van der Waals surface area contributed by atoms with Crippen molar-refractivity contribution in [2.75, 3.05) is 31.1 Å². The van der Waals surface area contributed by atoms with E-state index in [1.54, 1.807) is 6.92 Å². The zero-order chi connectivity index (χ0) is 19.8. The van der Waals surface area contributed by atoms with Crippen LogP contribution in [0.2, 0.25) is 0 Å².